The van der Waals surface area contributed by atoms with Gasteiger partial charge in [0.25, 0.3) is 0 Å². The van der Waals surface area contributed by atoms with Crippen LogP contribution in [0.3, 0.4) is 0 Å². The highest BCUT2D eigenvalue weighted by molar-refractivity contribution is 7.99. The molecule has 0 aliphatic rings. The van der Waals surface area contributed by atoms with E-state index in [1.807, 2.05) is 0 Å². The Morgan fingerprint density at radius 1 is 1.40 bits per heavy atom. The van der Waals surface area contributed by atoms with Crippen molar-refractivity contribution in [1.29, 1.82) is 0 Å². The summed E-state index contributed by atoms with van der Waals surface area (Å²) in [6.45, 7) is 0. The van der Waals surface area contributed by atoms with Gasteiger partial charge >= 0.3 is 5.69 Å². The number of hydrogen-bond acceptors (Lipinski definition) is 8. The van der Waals surface area contributed by atoms with E-state index in [9.17, 15) is 10.1 Å². The fourth-order valence-electron chi connectivity index (χ4n) is 0.914. The smallest absolute Gasteiger partial charge is 0.303 e. The zero-order valence-electron chi connectivity index (χ0n) is 8.05. The van der Waals surface area contributed by atoms with Gasteiger partial charge in [0.1, 0.15) is 0 Å². The molecular formula is C6H9N5O2S2. The van der Waals surface area contributed by atoms with E-state index in [0.717, 1.165) is 0 Å². The molecule has 3 N–H and O–H groups in total. The molecule has 7 nitrogen and oxygen atoms in total. The lowest BCUT2D eigenvalue weighted by Crippen LogP contribution is -2.12. The van der Waals surface area contributed by atoms with Gasteiger partial charge in [0, 0.05) is 0 Å². The van der Waals surface area contributed by atoms with Crippen LogP contribution in [0.25, 0.3) is 0 Å². The van der Waals surface area contributed by atoms with Crippen LogP contribution in [0.5, 0.6) is 0 Å². The van der Waals surface area contributed by atoms with Crippen molar-refractivity contribution in [3.8, 4) is 0 Å². The summed E-state index contributed by atoms with van der Waals surface area (Å²) in [6, 6.07) is 0. The summed E-state index contributed by atoms with van der Waals surface area (Å²) in [5, 5.41) is 11.5. The number of nitrogens with one attached hydrogen (secondary N) is 1. The van der Waals surface area contributed by atoms with Crippen molar-refractivity contribution in [2.75, 3.05) is 17.9 Å². The average Bonchev–Trinajstić information content (AvgIpc) is 2.26. The van der Waals surface area contributed by atoms with Crippen LogP contribution in [0, 0.1) is 10.1 Å². The summed E-state index contributed by atoms with van der Waals surface area (Å²) >= 11 is 2.48. The number of rotatable bonds is 4. The predicted octanol–water partition coefficient (Wildman–Crippen LogP) is 1.11. The molecule has 0 fully saturated rings. The molecule has 0 amide bonds. The minimum atomic E-state index is -0.550. The molecule has 1 aromatic rings. The zero-order valence-corrected chi connectivity index (χ0v) is 9.68. The average molecular weight is 247 g/mol. The van der Waals surface area contributed by atoms with Gasteiger partial charge in [-0.2, -0.15) is 4.98 Å². The third-order valence-corrected chi connectivity index (χ3v) is 2.75. The molecule has 0 saturated carbocycles. The van der Waals surface area contributed by atoms with Crippen molar-refractivity contribution in [2.45, 2.75) is 10.2 Å². The van der Waals surface area contributed by atoms with Gasteiger partial charge in [0.15, 0.2) is 10.2 Å². The first-order valence-electron chi connectivity index (χ1n) is 3.75. The molecule has 82 valence electrons. The molecule has 0 saturated heterocycles. The Labute approximate surface area is 94.4 Å². The number of anilines is 1. The molecule has 15 heavy (non-hydrogen) atoms. The quantitative estimate of drug-likeness (QED) is 0.203. The Balaban J connectivity index is 3.39. The Morgan fingerprint density at radius 2 is 2.07 bits per heavy atom. The SMILES string of the molecule is CSc1nc(NN)c([N+](=O)[O-])c(SC)n1. The molecule has 1 heterocycles. The van der Waals surface area contributed by atoms with E-state index in [0.29, 0.717) is 10.2 Å². The van der Waals surface area contributed by atoms with Crippen LogP contribution in [0.1, 0.15) is 0 Å². The third kappa shape index (κ3) is 2.49. The zero-order chi connectivity index (χ0) is 11.4. The maximum atomic E-state index is 10.8. The van der Waals surface area contributed by atoms with Crippen LogP contribution in [-0.4, -0.2) is 27.4 Å². The molecule has 0 unspecified atom stereocenters. The lowest BCUT2D eigenvalue weighted by molar-refractivity contribution is -0.387. The van der Waals surface area contributed by atoms with Gasteiger partial charge in [-0.05, 0) is 12.5 Å². The van der Waals surface area contributed by atoms with Gasteiger partial charge in [0.05, 0.1) is 4.92 Å². The predicted molar refractivity (Wildman–Crippen MR) is 60.1 cm³/mol. The molecule has 0 aromatic carbocycles. The van der Waals surface area contributed by atoms with Gasteiger partial charge in [0.2, 0.25) is 5.82 Å². The largest absolute Gasteiger partial charge is 0.344 e. The van der Waals surface area contributed by atoms with E-state index >= 15 is 0 Å². The first-order valence-corrected chi connectivity index (χ1v) is 6.20. The van der Waals surface area contributed by atoms with Crippen molar-refractivity contribution < 1.29 is 4.92 Å². The fraction of sp³-hybridized carbons (Fsp3) is 0.333. The molecule has 0 aliphatic heterocycles. The summed E-state index contributed by atoms with van der Waals surface area (Å²) in [6.07, 6.45) is 3.49. The minimum absolute atomic E-state index is 0.0312. The second-order valence-electron chi connectivity index (χ2n) is 2.32. The highest BCUT2D eigenvalue weighted by Gasteiger charge is 2.23. The molecule has 1 aromatic heterocycles. The van der Waals surface area contributed by atoms with Gasteiger partial charge in [-0.25, -0.2) is 10.8 Å². The maximum absolute atomic E-state index is 10.8. The number of hydrazine groups is 1. The number of nitrogens with two attached hydrogens (primary N) is 1. The third-order valence-electron chi connectivity index (χ3n) is 1.53. The Hall–Kier alpha value is -1.06. The molecule has 1 rings (SSSR count). The topological polar surface area (TPSA) is 107 Å². The van der Waals surface area contributed by atoms with Gasteiger partial charge < -0.3 is 5.43 Å². The highest BCUT2D eigenvalue weighted by Crippen LogP contribution is 2.32. The van der Waals surface area contributed by atoms with Crippen LogP contribution in [0.2, 0.25) is 0 Å². The number of thioether (sulfide) groups is 2. The van der Waals surface area contributed by atoms with Crippen molar-refractivity contribution in [3.05, 3.63) is 10.1 Å². The van der Waals surface area contributed by atoms with E-state index < -0.39 is 4.92 Å². The highest BCUT2D eigenvalue weighted by atomic mass is 32.2. The maximum Gasteiger partial charge on any atom is 0.344 e. The molecule has 0 aliphatic carbocycles. The first-order chi connectivity index (χ1) is 7.13. The van der Waals surface area contributed by atoms with Crippen molar-refractivity contribution in [2.24, 2.45) is 5.84 Å². The Morgan fingerprint density at radius 3 is 2.47 bits per heavy atom. The Kier molecular flexibility index (Phi) is 4.12. The number of nitrogen functional groups attached to an aromatic ring is 1. The van der Waals surface area contributed by atoms with Crippen LogP contribution < -0.4 is 11.3 Å². The van der Waals surface area contributed by atoms with E-state index in [4.69, 9.17) is 5.84 Å². The summed E-state index contributed by atoms with van der Waals surface area (Å²) in [5.41, 5.74) is 2.02. The summed E-state index contributed by atoms with van der Waals surface area (Å²) in [4.78, 5) is 18.1. The summed E-state index contributed by atoms with van der Waals surface area (Å²) < 4.78 is 0. The molecule has 0 spiro atoms. The normalized spacial score (nSPS) is 10.1. The minimum Gasteiger partial charge on any atom is -0.303 e. The second kappa shape index (κ2) is 5.14. The number of nitrogens with zero attached hydrogens (tertiary/aromatic N) is 3. The summed E-state index contributed by atoms with van der Waals surface area (Å²) in [7, 11) is 0. The van der Waals surface area contributed by atoms with Crippen LogP contribution >= 0.6 is 23.5 Å². The molecular weight excluding hydrogens is 238 g/mol. The summed E-state index contributed by atoms with van der Waals surface area (Å²) in [5.74, 6) is 5.20. The van der Waals surface area contributed by atoms with E-state index in [2.05, 4.69) is 15.4 Å². The van der Waals surface area contributed by atoms with Gasteiger partial charge in [-0.15, -0.1) is 11.8 Å². The molecule has 9 heteroatoms. The molecule has 0 atom stereocenters. The first kappa shape index (κ1) is 12.0. The fourth-order valence-corrected chi connectivity index (χ4v) is 1.88. The standard InChI is InChI=1S/C6H9N5O2S2/c1-14-5-3(11(12)13)4(10-7)8-6(9-5)15-2/h7H2,1-2H3,(H,8,9,10). The van der Waals surface area contributed by atoms with Crippen LogP contribution in [0.4, 0.5) is 11.5 Å². The van der Waals surface area contributed by atoms with Gasteiger partial charge in [-0.3, -0.25) is 10.1 Å². The lowest BCUT2D eigenvalue weighted by Gasteiger charge is -2.05. The van der Waals surface area contributed by atoms with Gasteiger partial charge in [-0.1, -0.05) is 11.8 Å². The molecule has 0 radical (unpaired) electrons. The second-order valence-corrected chi connectivity index (χ2v) is 3.89. The lowest BCUT2D eigenvalue weighted by atomic mass is 10.5. The van der Waals surface area contributed by atoms with Crippen LogP contribution in [0.15, 0.2) is 10.2 Å². The van der Waals surface area contributed by atoms with E-state index in [-0.39, 0.29) is 11.5 Å². The monoisotopic (exact) mass is 247 g/mol. The van der Waals surface area contributed by atoms with Crippen molar-refractivity contribution >= 4 is 35.0 Å². The van der Waals surface area contributed by atoms with Crippen LogP contribution in [-0.2, 0) is 0 Å². The Bertz CT molecular complexity index is 361. The molecule has 0 bridgehead atoms. The van der Waals surface area contributed by atoms with E-state index in [1.54, 1.807) is 12.5 Å². The number of hydrogen-bond donors (Lipinski definition) is 2. The van der Waals surface area contributed by atoms with E-state index in [1.165, 1.54) is 23.5 Å². The number of aromatic nitrogens is 2. The number of nitro groups is 1. The van der Waals surface area contributed by atoms with Crippen molar-refractivity contribution in [1.82, 2.24) is 9.97 Å². The van der Waals surface area contributed by atoms with Crippen molar-refractivity contribution in [3.63, 3.8) is 0 Å².